The van der Waals surface area contributed by atoms with Crippen LogP contribution in [0.1, 0.15) is 50.3 Å². The van der Waals surface area contributed by atoms with Gasteiger partial charge in [-0.15, -0.1) is 0 Å². The molecule has 11 heteroatoms. The normalized spacial score (nSPS) is 23.5. The van der Waals surface area contributed by atoms with Gasteiger partial charge in [0.25, 0.3) is 0 Å². The highest BCUT2D eigenvalue weighted by Gasteiger charge is 2.37. The molecular weight excluding hydrogens is 400 g/mol. The fourth-order valence-corrected chi connectivity index (χ4v) is 3.73. The number of anilines is 1. The molecule has 1 saturated carbocycles. The summed E-state index contributed by atoms with van der Waals surface area (Å²) in [6, 6.07) is 3.73. The minimum atomic E-state index is -2.66. The van der Waals surface area contributed by atoms with Crippen molar-refractivity contribution < 1.29 is 27.8 Å². The number of nitrogen functional groups attached to an aromatic ring is 1. The van der Waals surface area contributed by atoms with Gasteiger partial charge in [-0.05, 0) is 37.8 Å². The third-order valence-electron chi connectivity index (χ3n) is 5.26. The van der Waals surface area contributed by atoms with E-state index in [1.807, 2.05) is 12.1 Å². The molecule has 2 aromatic heterocycles. The number of fused-ring (bicyclic) bond motifs is 1. The van der Waals surface area contributed by atoms with E-state index in [9.17, 15) is 13.6 Å². The Bertz CT molecular complexity index is 893. The summed E-state index contributed by atoms with van der Waals surface area (Å²) in [5, 5.41) is 10.7. The number of carbonyl (C=O) groups is 1. The maximum Gasteiger partial charge on any atom is 0.508 e. The third-order valence-corrected chi connectivity index (χ3v) is 5.26. The van der Waals surface area contributed by atoms with Crippen molar-refractivity contribution in [2.45, 2.75) is 62.8 Å². The number of hydrogen-bond acceptors (Lipinski definition) is 8. The van der Waals surface area contributed by atoms with E-state index in [1.165, 1.54) is 6.33 Å². The van der Waals surface area contributed by atoms with E-state index in [4.69, 9.17) is 25.2 Å². The van der Waals surface area contributed by atoms with Gasteiger partial charge in [-0.2, -0.15) is 5.10 Å². The summed E-state index contributed by atoms with van der Waals surface area (Å²) in [7, 11) is 0. The smallest absolute Gasteiger partial charge is 0.432 e. The van der Waals surface area contributed by atoms with Gasteiger partial charge in [0.05, 0.1) is 11.8 Å². The summed E-state index contributed by atoms with van der Waals surface area (Å²) in [6.07, 6.45) is 0.802. The van der Waals surface area contributed by atoms with Crippen LogP contribution in [-0.2, 0) is 14.2 Å². The minimum absolute atomic E-state index is 0.0542. The summed E-state index contributed by atoms with van der Waals surface area (Å²) < 4.78 is 44.2. The average Bonchev–Trinajstić information content (AvgIpc) is 3.37. The van der Waals surface area contributed by atoms with Crippen molar-refractivity contribution in [1.82, 2.24) is 14.6 Å². The predicted octanol–water partition coefficient (Wildman–Crippen LogP) is 3.40. The lowest BCUT2D eigenvalue weighted by Gasteiger charge is -2.27. The molecule has 2 aliphatic rings. The molecule has 1 saturated heterocycles. The molecule has 3 heterocycles. The van der Waals surface area contributed by atoms with Gasteiger partial charge in [0, 0.05) is 19.4 Å². The van der Waals surface area contributed by atoms with Gasteiger partial charge < -0.3 is 19.9 Å². The molecule has 0 bridgehead atoms. The zero-order valence-corrected chi connectivity index (χ0v) is 16.2. The van der Waals surface area contributed by atoms with Crippen molar-refractivity contribution in [1.29, 1.82) is 5.26 Å². The monoisotopic (exact) mass is 423 g/mol. The van der Waals surface area contributed by atoms with Crippen LogP contribution in [0.15, 0.2) is 18.5 Å². The standard InChI is InChI=1S/C18H22F2N4O4.CHN/c19-18(20)7-5-11(6-8-18)28-17(25)26-9-12-1-4-15(27-12)13-2-3-14-16(21)22-10-23-24(13)14;1-2/h2-3,10-12,15H,1,4-9H2,(H2,21,22,23);1H. The molecule has 0 aromatic carbocycles. The van der Waals surface area contributed by atoms with E-state index in [-0.39, 0.29) is 44.5 Å². The third kappa shape index (κ3) is 4.94. The first-order valence-corrected chi connectivity index (χ1v) is 9.62. The van der Waals surface area contributed by atoms with Crippen molar-refractivity contribution in [3.05, 3.63) is 24.2 Å². The van der Waals surface area contributed by atoms with Gasteiger partial charge in [-0.3, -0.25) is 0 Å². The molecule has 2 aromatic rings. The summed E-state index contributed by atoms with van der Waals surface area (Å²) >= 11 is 0. The second-order valence-corrected chi connectivity index (χ2v) is 7.26. The number of aromatic nitrogens is 3. The van der Waals surface area contributed by atoms with E-state index in [0.717, 1.165) is 12.1 Å². The number of carbonyl (C=O) groups excluding carboxylic acids is 1. The second kappa shape index (κ2) is 9.21. The largest absolute Gasteiger partial charge is 0.508 e. The Labute approximate surface area is 171 Å². The van der Waals surface area contributed by atoms with Crippen molar-refractivity contribution in [2.75, 3.05) is 12.3 Å². The van der Waals surface area contributed by atoms with Gasteiger partial charge in [0.1, 0.15) is 30.7 Å². The van der Waals surface area contributed by atoms with E-state index < -0.39 is 18.2 Å². The average molecular weight is 423 g/mol. The lowest BCUT2D eigenvalue weighted by molar-refractivity contribution is -0.0789. The molecule has 1 aliphatic carbocycles. The Kier molecular flexibility index (Phi) is 6.66. The topological polar surface area (TPSA) is 125 Å². The highest BCUT2D eigenvalue weighted by molar-refractivity contribution is 5.65. The highest BCUT2D eigenvalue weighted by Crippen LogP contribution is 2.35. The van der Waals surface area contributed by atoms with E-state index in [1.54, 1.807) is 4.52 Å². The Morgan fingerprint density at radius 2 is 2.03 bits per heavy atom. The molecule has 0 amide bonds. The van der Waals surface area contributed by atoms with Crippen molar-refractivity contribution in [2.24, 2.45) is 0 Å². The first-order chi connectivity index (χ1) is 14.4. The molecule has 2 unspecified atom stereocenters. The summed E-state index contributed by atoms with van der Waals surface area (Å²) in [5.41, 5.74) is 7.41. The van der Waals surface area contributed by atoms with Gasteiger partial charge in [0.2, 0.25) is 5.92 Å². The van der Waals surface area contributed by atoms with Crippen LogP contribution in [-0.4, -0.2) is 45.5 Å². The van der Waals surface area contributed by atoms with Crippen molar-refractivity contribution in [3.63, 3.8) is 0 Å². The minimum Gasteiger partial charge on any atom is -0.432 e. The quantitative estimate of drug-likeness (QED) is 0.742. The lowest BCUT2D eigenvalue weighted by Crippen LogP contribution is -2.31. The highest BCUT2D eigenvalue weighted by atomic mass is 19.3. The fraction of sp³-hybridized carbons (Fsp3) is 0.579. The fourth-order valence-electron chi connectivity index (χ4n) is 3.73. The molecule has 9 nitrogen and oxygen atoms in total. The molecular formula is C19H23F2N5O4. The number of halogens is 2. The van der Waals surface area contributed by atoms with Crippen LogP contribution in [0, 0.1) is 11.8 Å². The Morgan fingerprint density at radius 1 is 1.30 bits per heavy atom. The zero-order valence-electron chi connectivity index (χ0n) is 16.2. The molecule has 1 aliphatic heterocycles. The van der Waals surface area contributed by atoms with Crippen LogP contribution in [0.25, 0.3) is 5.52 Å². The van der Waals surface area contributed by atoms with Crippen LogP contribution >= 0.6 is 0 Å². The molecule has 162 valence electrons. The lowest BCUT2D eigenvalue weighted by atomic mass is 9.94. The molecule has 0 radical (unpaired) electrons. The molecule has 2 fully saturated rings. The van der Waals surface area contributed by atoms with Crippen molar-refractivity contribution in [3.8, 4) is 6.57 Å². The maximum atomic E-state index is 13.1. The van der Waals surface area contributed by atoms with E-state index in [0.29, 0.717) is 17.8 Å². The number of nitrogens with zero attached hydrogens (tertiary/aromatic N) is 4. The van der Waals surface area contributed by atoms with E-state index >= 15 is 0 Å². The van der Waals surface area contributed by atoms with E-state index in [2.05, 4.69) is 16.7 Å². The molecule has 2 atom stereocenters. The van der Waals surface area contributed by atoms with Gasteiger partial charge >= 0.3 is 6.16 Å². The summed E-state index contributed by atoms with van der Waals surface area (Å²) in [4.78, 5) is 15.8. The number of ether oxygens (including phenoxy) is 3. The van der Waals surface area contributed by atoms with Gasteiger partial charge in [-0.25, -0.2) is 28.3 Å². The van der Waals surface area contributed by atoms with Gasteiger partial charge in [-0.1, -0.05) is 0 Å². The molecule has 0 spiro atoms. The van der Waals surface area contributed by atoms with Crippen molar-refractivity contribution >= 4 is 17.5 Å². The molecule has 2 N–H and O–H groups in total. The van der Waals surface area contributed by atoms with Crippen LogP contribution in [0.5, 0.6) is 0 Å². The maximum absolute atomic E-state index is 13.1. The van der Waals surface area contributed by atoms with Crippen LogP contribution in [0.4, 0.5) is 19.4 Å². The Balaban J connectivity index is 0.00000124. The summed E-state index contributed by atoms with van der Waals surface area (Å²) in [6.45, 7) is 3.55. The van der Waals surface area contributed by atoms with Gasteiger partial charge in [0.15, 0.2) is 5.82 Å². The number of nitriles is 1. The number of nitrogens with two attached hydrogens (primary N) is 1. The first-order valence-electron chi connectivity index (χ1n) is 9.62. The number of hydrogen-bond donors (Lipinski definition) is 1. The zero-order chi connectivity index (χ0) is 21.7. The second-order valence-electron chi connectivity index (χ2n) is 7.26. The summed E-state index contributed by atoms with van der Waals surface area (Å²) in [5.74, 6) is -2.27. The number of alkyl halides is 2. The van der Waals surface area contributed by atoms with Crippen LogP contribution < -0.4 is 5.73 Å². The molecule has 30 heavy (non-hydrogen) atoms. The van der Waals surface area contributed by atoms with Crippen LogP contribution in [0.2, 0.25) is 0 Å². The number of rotatable bonds is 4. The first kappa shape index (κ1) is 21.7. The Morgan fingerprint density at radius 3 is 2.77 bits per heavy atom. The predicted molar refractivity (Wildman–Crippen MR) is 101 cm³/mol. The SMILES string of the molecule is C#N.Nc1ncnn2c(C3CCC(COC(=O)OC4CCC(F)(F)CC4)O3)ccc12. The Hall–Kier alpha value is -3.00. The molecule has 4 rings (SSSR count). The van der Waals surface area contributed by atoms with Crippen LogP contribution in [0.3, 0.4) is 0 Å².